The van der Waals surface area contributed by atoms with Crippen molar-refractivity contribution in [1.29, 1.82) is 0 Å². The van der Waals surface area contributed by atoms with Gasteiger partial charge in [0.2, 0.25) is 0 Å². The van der Waals surface area contributed by atoms with Crippen molar-refractivity contribution in [2.75, 3.05) is 26.3 Å². The molecule has 9 nitrogen and oxygen atoms in total. The smallest absolute Gasteiger partial charge is 0.335 e. The van der Waals surface area contributed by atoms with E-state index < -0.39 is 5.97 Å². The van der Waals surface area contributed by atoms with E-state index in [1.165, 1.54) is 0 Å². The highest BCUT2D eigenvalue weighted by Crippen LogP contribution is 2.29. The number of hydrogen-bond acceptors (Lipinski definition) is 7. The summed E-state index contributed by atoms with van der Waals surface area (Å²) < 4.78 is 14.4. The summed E-state index contributed by atoms with van der Waals surface area (Å²) in [6, 6.07) is 18.3. The number of aromatic nitrogens is 2. The fraction of sp³-hybridized carbons (Fsp3) is 0.333. The molecule has 0 atom stereocenters. The highest BCUT2D eigenvalue weighted by Gasteiger charge is 2.24. The van der Waals surface area contributed by atoms with E-state index in [0.29, 0.717) is 35.5 Å². The Morgan fingerprint density at radius 3 is 2.68 bits per heavy atom. The van der Waals surface area contributed by atoms with E-state index >= 15 is 0 Å². The van der Waals surface area contributed by atoms with Crippen LogP contribution in [0.25, 0.3) is 11.0 Å². The van der Waals surface area contributed by atoms with Crippen molar-refractivity contribution in [1.82, 2.24) is 24.7 Å². The number of likely N-dealkylation sites (tertiary alicyclic amines) is 1. The van der Waals surface area contributed by atoms with Crippen LogP contribution in [0.2, 0.25) is 10.0 Å². The Bertz CT molecular complexity index is 1680. The molecule has 2 aliphatic heterocycles. The molecule has 230 valence electrons. The van der Waals surface area contributed by atoms with Crippen molar-refractivity contribution in [2.45, 2.75) is 45.6 Å². The van der Waals surface area contributed by atoms with Gasteiger partial charge in [0.05, 0.1) is 47.1 Å². The summed E-state index contributed by atoms with van der Waals surface area (Å²) in [6.45, 7) is 7.21. The number of nitrogens with one attached hydrogen (secondary N) is 1. The van der Waals surface area contributed by atoms with E-state index in [-0.39, 0.29) is 11.7 Å². The Morgan fingerprint density at radius 2 is 1.91 bits per heavy atom. The minimum absolute atomic E-state index is 0.109. The molecule has 2 N–H and O–H groups in total. The molecule has 44 heavy (non-hydrogen) atoms. The zero-order chi connectivity index (χ0) is 30.6. The molecule has 0 spiro atoms. The lowest BCUT2D eigenvalue weighted by Gasteiger charge is -2.32. The van der Waals surface area contributed by atoms with Crippen molar-refractivity contribution in [3.05, 3.63) is 99.6 Å². The van der Waals surface area contributed by atoms with Gasteiger partial charge in [0.1, 0.15) is 30.0 Å². The Balaban J connectivity index is 1.09. The number of rotatable bonds is 11. The van der Waals surface area contributed by atoms with Crippen LogP contribution in [0, 0.1) is 0 Å². The summed E-state index contributed by atoms with van der Waals surface area (Å²) in [5.41, 5.74) is 4.05. The van der Waals surface area contributed by atoms with Crippen molar-refractivity contribution in [3.63, 3.8) is 0 Å². The highest BCUT2D eigenvalue weighted by molar-refractivity contribution is 6.35. The third-order valence-electron chi connectivity index (χ3n) is 8.12. The second-order valence-corrected chi connectivity index (χ2v) is 11.9. The predicted octanol–water partition coefficient (Wildman–Crippen LogP) is 6.39. The molecule has 3 heterocycles. The molecule has 11 heteroatoms. The summed E-state index contributed by atoms with van der Waals surface area (Å²) >= 11 is 12.2. The van der Waals surface area contributed by atoms with Gasteiger partial charge in [-0.1, -0.05) is 35.3 Å². The normalized spacial score (nSPS) is 15.8. The van der Waals surface area contributed by atoms with Gasteiger partial charge in [0, 0.05) is 30.9 Å². The average molecular weight is 637 g/mol. The van der Waals surface area contributed by atoms with E-state index in [9.17, 15) is 9.90 Å². The molecule has 0 aliphatic carbocycles. The number of aromatic carboxylic acids is 1. The van der Waals surface area contributed by atoms with E-state index in [0.717, 1.165) is 73.0 Å². The lowest BCUT2D eigenvalue weighted by atomic mass is 10.1. The second-order valence-electron chi connectivity index (χ2n) is 11.1. The van der Waals surface area contributed by atoms with Crippen LogP contribution in [0.3, 0.4) is 0 Å². The topological polar surface area (TPSA) is 92.1 Å². The van der Waals surface area contributed by atoms with E-state index in [1.54, 1.807) is 36.4 Å². The van der Waals surface area contributed by atoms with E-state index in [2.05, 4.69) is 26.6 Å². The first kappa shape index (κ1) is 30.1. The van der Waals surface area contributed by atoms with Crippen LogP contribution in [0.15, 0.2) is 72.6 Å². The first-order valence-corrected chi connectivity index (χ1v) is 15.6. The molecule has 6 rings (SSSR count). The standard InChI is InChI=1S/C33H35Cl2N5O4/c1-2-39-21-36-17-25(39)18-40-30-15-23(33(41)42)6-8-29(30)37-32(40)19-38-12-10-26(11-13-38)44-27-5-3-4-22(14-27)20-43-31-9-7-24(34)16-28(31)35/h3-9,14-17,26,36H,2,10-13,18-21H2,1H3,(H,41,42). The van der Waals surface area contributed by atoms with E-state index in [4.69, 9.17) is 37.7 Å². The minimum Gasteiger partial charge on any atom is -0.490 e. The molecule has 0 bridgehead atoms. The maximum Gasteiger partial charge on any atom is 0.335 e. The van der Waals surface area contributed by atoms with Crippen molar-refractivity contribution in [3.8, 4) is 11.5 Å². The fourth-order valence-electron chi connectivity index (χ4n) is 5.73. The third kappa shape index (κ3) is 6.90. The van der Waals surface area contributed by atoms with Crippen LogP contribution in [-0.2, 0) is 19.7 Å². The number of benzene rings is 3. The van der Waals surface area contributed by atoms with Gasteiger partial charge in [-0.3, -0.25) is 4.90 Å². The Kier molecular flexibility index (Phi) is 9.16. The summed E-state index contributed by atoms with van der Waals surface area (Å²) in [7, 11) is 0. The first-order chi connectivity index (χ1) is 21.4. The molecule has 3 aromatic carbocycles. The lowest BCUT2D eigenvalue weighted by molar-refractivity contribution is 0.0697. The molecule has 0 unspecified atom stereocenters. The number of ether oxygens (including phenoxy) is 2. The van der Waals surface area contributed by atoms with Gasteiger partial charge in [-0.05, 0) is 73.9 Å². The second kappa shape index (κ2) is 13.4. The van der Waals surface area contributed by atoms with E-state index in [1.807, 2.05) is 30.5 Å². The van der Waals surface area contributed by atoms with Crippen LogP contribution in [0.4, 0.5) is 0 Å². The molecule has 1 aromatic heterocycles. The monoisotopic (exact) mass is 635 g/mol. The molecule has 4 aromatic rings. The van der Waals surface area contributed by atoms with Gasteiger partial charge in [-0.2, -0.15) is 0 Å². The number of hydrogen-bond donors (Lipinski definition) is 2. The number of carboxylic acids is 1. The Hall–Kier alpha value is -3.92. The number of carboxylic acid groups (broad SMARTS) is 1. The minimum atomic E-state index is -0.941. The van der Waals surface area contributed by atoms with Gasteiger partial charge in [0.25, 0.3) is 0 Å². The molecular formula is C33H35Cl2N5O4. The SMILES string of the molecule is CCN1CNC=C1Cn1c(CN2CCC(Oc3cccc(COc4ccc(Cl)cc4Cl)c3)CC2)nc2ccc(C(=O)O)cc21. The van der Waals surface area contributed by atoms with Gasteiger partial charge >= 0.3 is 5.97 Å². The number of likely N-dealkylation sites (N-methyl/N-ethyl adjacent to an activating group) is 1. The lowest BCUT2D eigenvalue weighted by Crippen LogP contribution is -2.38. The van der Waals surface area contributed by atoms with Crippen LogP contribution in [0.1, 0.15) is 41.5 Å². The Labute approximate surface area is 266 Å². The molecule has 1 saturated heterocycles. The number of piperidine rings is 1. The number of fused-ring (bicyclic) bond motifs is 1. The molecular weight excluding hydrogens is 601 g/mol. The number of imidazole rings is 1. The quantitative estimate of drug-likeness (QED) is 0.196. The summed E-state index contributed by atoms with van der Waals surface area (Å²) in [5, 5.41) is 14.0. The summed E-state index contributed by atoms with van der Waals surface area (Å²) in [4.78, 5) is 21.3. The zero-order valence-electron chi connectivity index (χ0n) is 24.5. The number of nitrogens with zero attached hydrogens (tertiary/aromatic N) is 4. The van der Waals surface area contributed by atoms with Crippen molar-refractivity contribution in [2.24, 2.45) is 0 Å². The highest BCUT2D eigenvalue weighted by atomic mass is 35.5. The molecule has 1 fully saturated rings. The van der Waals surface area contributed by atoms with Crippen LogP contribution in [-0.4, -0.2) is 62.8 Å². The van der Waals surface area contributed by atoms with Crippen molar-refractivity contribution < 1.29 is 19.4 Å². The predicted molar refractivity (Wildman–Crippen MR) is 171 cm³/mol. The first-order valence-electron chi connectivity index (χ1n) is 14.8. The van der Waals surface area contributed by atoms with Crippen molar-refractivity contribution >= 4 is 40.2 Å². The molecule has 0 saturated carbocycles. The van der Waals surface area contributed by atoms with Crippen LogP contribution >= 0.6 is 23.2 Å². The van der Waals surface area contributed by atoms with Gasteiger partial charge in [-0.25, -0.2) is 9.78 Å². The van der Waals surface area contributed by atoms with Gasteiger partial charge < -0.3 is 29.4 Å². The van der Waals surface area contributed by atoms with Crippen LogP contribution in [0.5, 0.6) is 11.5 Å². The summed E-state index contributed by atoms with van der Waals surface area (Å²) in [5.74, 6) is 1.40. The number of halogens is 2. The molecule has 0 radical (unpaired) electrons. The molecule has 0 amide bonds. The number of allylic oxidation sites excluding steroid dienone is 1. The van der Waals surface area contributed by atoms with Gasteiger partial charge in [-0.15, -0.1) is 0 Å². The summed E-state index contributed by atoms with van der Waals surface area (Å²) in [6.07, 6.45) is 3.93. The Morgan fingerprint density at radius 1 is 1.07 bits per heavy atom. The van der Waals surface area contributed by atoms with Crippen LogP contribution < -0.4 is 14.8 Å². The maximum absolute atomic E-state index is 11.7. The van der Waals surface area contributed by atoms with Gasteiger partial charge in [0.15, 0.2) is 0 Å². The largest absolute Gasteiger partial charge is 0.490 e. The molecule has 2 aliphatic rings. The third-order valence-corrected chi connectivity index (χ3v) is 8.65. The zero-order valence-corrected chi connectivity index (χ0v) is 26.0. The average Bonchev–Trinajstić information content (AvgIpc) is 3.61. The maximum atomic E-state index is 11.7. The fourth-order valence-corrected chi connectivity index (χ4v) is 6.19. The number of carbonyl (C=O) groups is 1.